The van der Waals surface area contributed by atoms with E-state index < -0.39 is 6.10 Å². The van der Waals surface area contributed by atoms with Crippen LogP contribution in [0.5, 0.6) is 5.75 Å². The third-order valence-corrected chi connectivity index (χ3v) is 2.74. The van der Waals surface area contributed by atoms with Gasteiger partial charge >= 0.3 is 0 Å². The van der Waals surface area contributed by atoms with Gasteiger partial charge in [-0.05, 0) is 31.9 Å². The topological polar surface area (TPSA) is 47.9 Å². The van der Waals surface area contributed by atoms with E-state index in [0.717, 1.165) is 23.3 Å². The van der Waals surface area contributed by atoms with Crippen molar-refractivity contribution in [1.82, 2.24) is 0 Å². The number of rotatable bonds is 9. The zero-order chi connectivity index (χ0) is 14.1. The summed E-state index contributed by atoms with van der Waals surface area (Å²) in [6, 6.07) is 5.80. The van der Waals surface area contributed by atoms with Crippen LogP contribution < -0.4 is 4.74 Å². The van der Waals surface area contributed by atoms with Gasteiger partial charge in [-0.3, -0.25) is 0 Å². The molecular formula is C15H24O4. The molecule has 0 unspecified atom stereocenters. The molecule has 0 aliphatic rings. The standard InChI is InChI=1S/C15H24O4/c1-12-5-6-14(13(2)16)15(11-12)19-10-9-18-8-4-7-17-3/h5-6,11,13,16H,4,7-10H2,1-3H3/t13-/m0/s1. The van der Waals surface area contributed by atoms with Crippen LogP contribution in [0.3, 0.4) is 0 Å². The number of ether oxygens (including phenoxy) is 3. The molecule has 1 aromatic carbocycles. The molecule has 0 aliphatic heterocycles. The average molecular weight is 268 g/mol. The van der Waals surface area contributed by atoms with E-state index in [0.29, 0.717) is 26.4 Å². The predicted molar refractivity (Wildman–Crippen MR) is 74.6 cm³/mol. The van der Waals surface area contributed by atoms with E-state index in [1.165, 1.54) is 0 Å². The number of hydrogen-bond acceptors (Lipinski definition) is 4. The third-order valence-electron chi connectivity index (χ3n) is 2.74. The Morgan fingerprint density at radius 1 is 1.16 bits per heavy atom. The first-order chi connectivity index (χ1) is 9.15. The molecule has 0 saturated heterocycles. The smallest absolute Gasteiger partial charge is 0.125 e. The summed E-state index contributed by atoms with van der Waals surface area (Å²) in [6.07, 6.45) is 0.359. The summed E-state index contributed by atoms with van der Waals surface area (Å²) < 4.78 is 16.0. The van der Waals surface area contributed by atoms with Gasteiger partial charge in [0.1, 0.15) is 12.4 Å². The maximum absolute atomic E-state index is 9.67. The van der Waals surface area contributed by atoms with Crippen molar-refractivity contribution in [3.63, 3.8) is 0 Å². The van der Waals surface area contributed by atoms with E-state index in [4.69, 9.17) is 14.2 Å². The summed E-state index contributed by atoms with van der Waals surface area (Å²) in [4.78, 5) is 0. The Hall–Kier alpha value is -1.10. The van der Waals surface area contributed by atoms with E-state index >= 15 is 0 Å². The quantitative estimate of drug-likeness (QED) is 0.699. The molecule has 0 saturated carbocycles. The summed E-state index contributed by atoms with van der Waals surface area (Å²) in [5, 5.41) is 9.67. The monoisotopic (exact) mass is 268 g/mol. The molecule has 0 fully saturated rings. The highest BCUT2D eigenvalue weighted by atomic mass is 16.5. The normalized spacial score (nSPS) is 12.4. The first-order valence-electron chi connectivity index (χ1n) is 6.63. The minimum absolute atomic E-state index is 0.482. The van der Waals surface area contributed by atoms with Crippen molar-refractivity contribution < 1.29 is 19.3 Å². The van der Waals surface area contributed by atoms with Gasteiger partial charge in [-0.1, -0.05) is 12.1 Å². The second kappa shape index (κ2) is 8.91. The number of hydrogen-bond donors (Lipinski definition) is 1. The van der Waals surface area contributed by atoms with Crippen molar-refractivity contribution in [2.75, 3.05) is 33.5 Å². The molecule has 1 aromatic rings. The fourth-order valence-electron chi connectivity index (χ4n) is 1.73. The van der Waals surface area contributed by atoms with Gasteiger partial charge in [-0.25, -0.2) is 0 Å². The second-order valence-corrected chi connectivity index (χ2v) is 4.52. The van der Waals surface area contributed by atoms with Gasteiger partial charge in [0, 0.05) is 25.9 Å². The van der Waals surface area contributed by atoms with E-state index in [2.05, 4.69) is 0 Å². The Morgan fingerprint density at radius 3 is 2.63 bits per heavy atom. The Kier molecular flexibility index (Phi) is 7.48. The zero-order valence-electron chi connectivity index (χ0n) is 12.0. The minimum atomic E-state index is -0.529. The number of aliphatic hydroxyl groups is 1. The third kappa shape index (κ3) is 6.05. The Bertz CT molecular complexity index is 363. The van der Waals surface area contributed by atoms with Crippen LogP contribution in [-0.4, -0.2) is 38.6 Å². The molecule has 1 rings (SSSR count). The van der Waals surface area contributed by atoms with Gasteiger partial charge in [0.05, 0.1) is 12.7 Å². The van der Waals surface area contributed by atoms with Crippen molar-refractivity contribution in [1.29, 1.82) is 0 Å². The molecule has 0 amide bonds. The number of benzene rings is 1. The lowest BCUT2D eigenvalue weighted by atomic mass is 10.1. The number of aryl methyl sites for hydroxylation is 1. The van der Waals surface area contributed by atoms with E-state index in [1.54, 1.807) is 14.0 Å². The second-order valence-electron chi connectivity index (χ2n) is 4.52. The molecule has 1 N–H and O–H groups in total. The first-order valence-corrected chi connectivity index (χ1v) is 6.63. The van der Waals surface area contributed by atoms with Crippen LogP contribution in [0.4, 0.5) is 0 Å². The van der Waals surface area contributed by atoms with Crippen molar-refractivity contribution in [2.45, 2.75) is 26.4 Å². The van der Waals surface area contributed by atoms with Crippen LogP contribution in [0.1, 0.15) is 30.6 Å². The molecule has 108 valence electrons. The Balaban J connectivity index is 2.34. The molecular weight excluding hydrogens is 244 g/mol. The van der Waals surface area contributed by atoms with Crippen LogP contribution in [0.15, 0.2) is 18.2 Å². The summed E-state index contributed by atoms with van der Waals surface area (Å²) in [5.41, 5.74) is 1.92. The van der Waals surface area contributed by atoms with Gasteiger partial charge in [0.25, 0.3) is 0 Å². The van der Waals surface area contributed by atoms with E-state index in [-0.39, 0.29) is 0 Å². The van der Waals surface area contributed by atoms with E-state index in [9.17, 15) is 5.11 Å². The van der Waals surface area contributed by atoms with Crippen molar-refractivity contribution in [3.8, 4) is 5.75 Å². The van der Waals surface area contributed by atoms with Crippen molar-refractivity contribution >= 4 is 0 Å². The highest BCUT2D eigenvalue weighted by Gasteiger charge is 2.09. The fraction of sp³-hybridized carbons (Fsp3) is 0.600. The van der Waals surface area contributed by atoms with Crippen LogP contribution in [0.25, 0.3) is 0 Å². The van der Waals surface area contributed by atoms with Crippen LogP contribution in [0, 0.1) is 6.92 Å². The lowest BCUT2D eigenvalue weighted by Gasteiger charge is -2.14. The zero-order valence-corrected chi connectivity index (χ0v) is 12.0. The summed E-state index contributed by atoms with van der Waals surface area (Å²) in [6.45, 7) is 6.14. The van der Waals surface area contributed by atoms with Gasteiger partial charge in [0.15, 0.2) is 0 Å². The Morgan fingerprint density at radius 2 is 1.95 bits per heavy atom. The molecule has 1 atom stereocenters. The molecule has 0 bridgehead atoms. The number of aliphatic hydroxyl groups excluding tert-OH is 1. The molecule has 0 aromatic heterocycles. The van der Waals surface area contributed by atoms with E-state index in [1.807, 2.05) is 25.1 Å². The molecule has 0 radical (unpaired) electrons. The molecule has 0 heterocycles. The molecule has 4 heteroatoms. The maximum atomic E-state index is 9.67. The van der Waals surface area contributed by atoms with Gasteiger partial charge < -0.3 is 19.3 Å². The predicted octanol–water partition coefficient (Wildman–Crippen LogP) is 2.48. The Labute approximate surface area is 115 Å². The van der Waals surface area contributed by atoms with Crippen LogP contribution >= 0.6 is 0 Å². The maximum Gasteiger partial charge on any atom is 0.125 e. The number of methoxy groups -OCH3 is 1. The van der Waals surface area contributed by atoms with Crippen molar-refractivity contribution in [2.24, 2.45) is 0 Å². The summed E-state index contributed by atoms with van der Waals surface area (Å²) in [5.74, 6) is 0.732. The van der Waals surface area contributed by atoms with Gasteiger partial charge in [0.2, 0.25) is 0 Å². The lowest BCUT2D eigenvalue weighted by molar-refractivity contribution is 0.0795. The molecule has 0 spiro atoms. The largest absolute Gasteiger partial charge is 0.491 e. The van der Waals surface area contributed by atoms with Gasteiger partial charge in [-0.2, -0.15) is 0 Å². The lowest BCUT2D eigenvalue weighted by Crippen LogP contribution is -2.10. The summed E-state index contributed by atoms with van der Waals surface area (Å²) in [7, 11) is 1.68. The molecule has 4 nitrogen and oxygen atoms in total. The minimum Gasteiger partial charge on any atom is -0.491 e. The highest BCUT2D eigenvalue weighted by Crippen LogP contribution is 2.26. The molecule has 19 heavy (non-hydrogen) atoms. The highest BCUT2D eigenvalue weighted by molar-refractivity contribution is 5.38. The SMILES string of the molecule is COCCCOCCOc1cc(C)ccc1[C@H](C)O. The summed E-state index contributed by atoms with van der Waals surface area (Å²) >= 11 is 0. The molecule has 0 aliphatic carbocycles. The first kappa shape index (κ1) is 16.0. The fourth-order valence-corrected chi connectivity index (χ4v) is 1.73. The van der Waals surface area contributed by atoms with Gasteiger partial charge in [-0.15, -0.1) is 0 Å². The van der Waals surface area contributed by atoms with Crippen LogP contribution in [0.2, 0.25) is 0 Å². The average Bonchev–Trinajstić information content (AvgIpc) is 2.37. The van der Waals surface area contributed by atoms with Crippen molar-refractivity contribution in [3.05, 3.63) is 29.3 Å². The van der Waals surface area contributed by atoms with Crippen LogP contribution in [-0.2, 0) is 9.47 Å².